The Labute approximate surface area is 133 Å². The maximum absolute atomic E-state index is 12.1. The molecule has 0 amide bonds. The van der Waals surface area contributed by atoms with Crippen molar-refractivity contribution in [2.45, 2.75) is 0 Å². The van der Waals surface area contributed by atoms with Gasteiger partial charge in [-0.3, -0.25) is 9.36 Å². The number of rotatable bonds is 3. The highest BCUT2D eigenvalue weighted by Gasteiger charge is 2.04. The average Bonchev–Trinajstić information content (AvgIpc) is 2.55. The Kier molecular flexibility index (Phi) is 3.98. The van der Waals surface area contributed by atoms with Crippen LogP contribution in [0.2, 0.25) is 5.02 Å². The van der Waals surface area contributed by atoms with Gasteiger partial charge in [0.1, 0.15) is 5.75 Å². The van der Waals surface area contributed by atoms with Crippen LogP contribution in [0.15, 0.2) is 71.7 Å². The van der Waals surface area contributed by atoms with E-state index in [4.69, 9.17) is 16.3 Å². The average molecular weight is 312 g/mol. The smallest absolute Gasteiger partial charge is 0.255 e. The van der Waals surface area contributed by atoms with Crippen LogP contribution in [-0.2, 0) is 0 Å². The van der Waals surface area contributed by atoms with Crippen molar-refractivity contribution in [1.82, 2.24) is 4.57 Å². The standard InChI is InChI=1S/C18H14ClNO2/c1-22-17-8-6-16(7-9-17)20-12-14(5-10-18(20)21)13-3-2-4-15(19)11-13/h2-12H,1H3. The van der Waals surface area contributed by atoms with Crippen LogP contribution in [0.25, 0.3) is 16.8 Å². The molecular formula is C18H14ClNO2. The van der Waals surface area contributed by atoms with Crippen LogP contribution in [-0.4, -0.2) is 11.7 Å². The highest BCUT2D eigenvalue weighted by atomic mass is 35.5. The first-order valence-electron chi connectivity index (χ1n) is 6.80. The summed E-state index contributed by atoms with van der Waals surface area (Å²) in [5, 5.41) is 0.666. The fraction of sp³-hybridized carbons (Fsp3) is 0.0556. The van der Waals surface area contributed by atoms with Gasteiger partial charge < -0.3 is 4.74 Å². The van der Waals surface area contributed by atoms with E-state index >= 15 is 0 Å². The van der Waals surface area contributed by atoms with Crippen LogP contribution in [0.4, 0.5) is 0 Å². The molecule has 3 rings (SSSR count). The molecule has 4 heteroatoms. The van der Waals surface area contributed by atoms with Crippen LogP contribution >= 0.6 is 11.6 Å². The fourth-order valence-electron chi connectivity index (χ4n) is 2.27. The molecule has 3 nitrogen and oxygen atoms in total. The zero-order valence-electron chi connectivity index (χ0n) is 12.0. The first kappa shape index (κ1) is 14.4. The first-order chi connectivity index (χ1) is 10.7. The molecule has 0 saturated carbocycles. The Morgan fingerprint density at radius 2 is 1.73 bits per heavy atom. The SMILES string of the molecule is COc1ccc(-n2cc(-c3cccc(Cl)c3)ccc2=O)cc1. The van der Waals surface area contributed by atoms with Crippen LogP contribution in [0.1, 0.15) is 0 Å². The number of pyridine rings is 1. The lowest BCUT2D eigenvalue weighted by atomic mass is 10.1. The molecule has 0 bridgehead atoms. The Morgan fingerprint density at radius 3 is 2.41 bits per heavy atom. The molecule has 2 aromatic carbocycles. The van der Waals surface area contributed by atoms with Gasteiger partial charge in [-0.15, -0.1) is 0 Å². The number of hydrogen-bond donors (Lipinski definition) is 0. The number of benzene rings is 2. The topological polar surface area (TPSA) is 31.2 Å². The Morgan fingerprint density at radius 1 is 0.955 bits per heavy atom. The molecule has 0 spiro atoms. The summed E-state index contributed by atoms with van der Waals surface area (Å²) in [4.78, 5) is 12.1. The summed E-state index contributed by atoms with van der Waals surface area (Å²) in [6.45, 7) is 0. The van der Waals surface area contributed by atoms with E-state index in [2.05, 4.69) is 0 Å². The summed E-state index contributed by atoms with van der Waals surface area (Å²) < 4.78 is 6.75. The second-order valence-electron chi connectivity index (χ2n) is 4.83. The summed E-state index contributed by atoms with van der Waals surface area (Å²) in [5.41, 5.74) is 2.60. The quantitative estimate of drug-likeness (QED) is 0.727. The van der Waals surface area contributed by atoms with Crippen molar-refractivity contribution >= 4 is 11.6 Å². The zero-order chi connectivity index (χ0) is 15.5. The van der Waals surface area contributed by atoms with Gasteiger partial charge in [0.05, 0.1) is 7.11 Å². The first-order valence-corrected chi connectivity index (χ1v) is 7.18. The van der Waals surface area contributed by atoms with Gasteiger partial charge in [0, 0.05) is 23.0 Å². The molecule has 3 aromatic rings. The van der Waals surface area contributed by atoms with E-state index in [9.17, 15) is 4.79 Å². The molecule has 1 heterocycles. The van der Waals surface area contributed by atoms with Gasteiger partial charge >= 0.3 is 0 Å². The number of nitrogens with zero attached hydrogens (tertiary/aromatic N) is 1. The predicted octanol–water partition coefficient (Wildman–Crippen LogP) is 4.17. The summed E-state index contributed by atoms with van der Waals surface area (Å²) in [6.07, 6.45) is 1.82. The van der Waals surface area contributed by atoms with Crippen LogP contribution in [0.3, 0.4) is 0 Å². The summed E-state index contributed by atoms with van der Waals surface area (Å²) in [5.74, 6) is 0.753. The van der Waals surface area contributed by atoms with Crippen molar-refractivity contribution in [3.05, 3.63) is 82.2 Å². The molecule has 0 fully saturated rings. The number of hydrogen-bond acceptors (Lipinski definition) is 2. The van der Waals surface area contributed by atoms with Crippen LogP contribution < -0.4 is 10.3 Å². The third-order valence-corrected chi connectivity index (χ3v) is 3.65. The van der Waals surface area contributed by atoms with Crippen molar-refractivity contribution < 1.29 is 4.74 Å². The van der Waals surface area contributed by atoms with Crippen molar-refractivity contribution in [2.75, 3.05) is 7.11 Å². The second-order valence-corrected chi connectivity index (χ2v) is 5.27. The van der Waals surface area contributed by atoms with Crippen molar-refractivity contribution in [1.29, 1.82) is 0 Å². The van der Waals surface area contributed by atoms with Gasteiger partial charge in [-0.05, 0) is 53.6 Å². The van der Waals surface area contributed by atoms with Crippen LogP contribution in [0, 0.1) is 0 Å². The molecule has 0 aliphatic carbocycles. The molecule has 110 valence electrons. The monoisotopic (exact) mass is 311 g/mol. The van der Waals surface area contributed by atoms with Crippen LogP contribution in [0.5, 0.6) is 5.75 Å². The maximum Gasteiger partial charge on any atom is 0.255 e. The molecule has 0 atom stereocenters. The molecule has 1 aromatic heterocycles. The lowest BCUT2D eigenvalue weighted by Crippen LogP contribution is -2.16. The van der Waals surface area contributed by atoms with Crippen molar-refractivity contribution in [3.8, 4) is 22.6 Å². The molecule has 0 N–H and O–H groups in total. The number of ether oxygens (including phenoxy) is 1. The molecule has 0 aliphatic heterocycles. The lowest BCUT2D eigenvalue weighted by molar-refractivity contribution is 0.414. The van der Waals surface area contributed by atoms with E-state index in [0.29, 0.717) is 5.02 Å². The molecule has 0 saturated heterocycles. The largest absolute Gasteiger partial charge is 0.497 e. The Balaban J connectivity index is 2.08. The molecular weight excluding hydrogens is 298 g/mol. The summed E-state index contributed by atoms with van der Waals surface area (Å²) >= 11 is 6.03. The van der Waals surface area contributed by atoms with Gasteiger partial charge in [-0.1, -0.05) is 23.7 Å². The highest BCUT2D eigenvalue weighted by Crippen LogP contribution is 2.22. The normalized spacial score (nSPS) is 10.5. The molecule has 0 radical (unpaired) electrons. The van der Waals surface area contributed by atoms with Gasteiger partial charge in [0.15, 0.2) is 0 Å². The van der Waals surface area contributed by atoms with E-state index in [0.717, 1.165) is 22.6 Å². The van der Waals surface area contributed by atoms with E-state index in [1.165, 1.54) is 0 Å². The third kappa shape index (κ3) is 2.90. The zero-order valence-corrected chi connectivity index (χ0v) is 12.7. The summed E-state index contributed by atoms with van der Waals surface area (Å²) in [7, 11) is 1.61. The molecule has 22 heavy (non-hydrogen) atoms. The van der Waals surface area contributed by atoms with E-state index < -0.39 is 0 Å². The van der Waals surface area contributed by atoms with Gasteiger partial charge in [-0.2, -0.15) is 0 Å². The van der Waals surface area contributed by atoms with Crippen molar-refractivity contribution in [3.63, 3.8) is 0 Å². The maximum atomic E-state index is 12.1. The number of aromatic nitrogens is 1. The van der Waals surface area contributed by atoms with Gasteiger partial charge in [-0.25, -0.2) is 0 Å². The van der Waals surface area contributed by atoms with Gasteiger partial charge in [0.2, 0.25) is 0 Å². The minimum Gasteiger partial charge on any atom is -0.497 e. The van der Waals surface area contributed by atoms with E-state index in [-0.39, 0.29) is 5.56 Å². The van der Waals surface area contributed by atoms with Crippen molar-refractivity contribution in [2.24, 2.45) is 0 Å². The van der Waals surface area contributed by atoms with Gasteiger partial charge in [0.25, 0.3) is 5.56 Å². The summed E-state index contributed by atoms with van der Waals surface area (Å²) in [6, 6.07) is 18.3. The number of methoxy groups -OCH3 is 1. The highest BCUT2D eigenvalue weighted by molar-refractivity contribution is 6.30. The minimum absolute atomic E-state index is 0.0871. The van der Waals surface area contributed by atoms with E-state index in [1.807, 2.05) is 54.7 Å². The second kappa shape index (κ2) is 6.08. The Bertz CT molecular complexity index is 853. The fourth-order valence-corrected chi connectivity index (χ4v) is 2.46. The molecule has 0 aliphatic rings. The molecule has 0 unspecified atom stereocenters. The Hall–Kier alpha value is -2.52. The lowest BCUT2D eigenvalue weighted by Gasteiger charge is -2.09. The minimum atomic E-state index is -0.0871. The predicted molar refractivity (Wildman–Crippen MR) is 89.0 cm³/mol. The third-order valence-electron chi connectivity index (χ3n) is 3.42. The number of halogens is 1. The van der Waals surface area contributed by atoms with E-state index in [1.54, 1.807) is 23.8 Å².